The summed E-state index contributed by atoms with van der Waals surface area (Å²) in [6.45, 7) is 0.0799. The van der Waals surface area contributed by atoms with Gasteiger partial charge in [-0.15, -0.1) is 0 Å². The van der Waals surface area contributed by atoms with Gasteiger partial charge in [-0.05, 0) is 30.3 Å². The molecule has 156 valence electrons. The Balaban J connectivity index is 1.85. The molecule has 2 amide bonds. The molecule has 0 fully saturated rings. The maximum absolute atomic E-state index is 14.4. The fourth-order valence-corrected chi connectivity index (χ4v) is 3.30. The van der Waals surface area contributed by atoms with Crippen molar-refractivity contribution in [2.45, 2.75) is 12.8 Å². The lowest BCUT2D eigenvalue weighted by Crippen LogP contribution is -2.39. The van der Waals surface area contributed by atoms with Crippen LogP contribution < -0.4 is 10.2 Å². The molecule has 7 nitrogen and oxygen atoms in total. The molecule has 0 unspecified atom stereocenters. The molecule has 1 aliphatic rings. The highest BCUT2D eigenvalue weighted by atomic mass is 35.5. The van der Waals surface area contributed by atoms with Crippen molar-refractivity contribution >= 4 is 40.8 Å². The van der Waals surface area contributed by atoms with Gasteiger partial charge in [0, 0.05) is 35.7 Å². The maximum atomic E-state index is 14.4. The number of halogens is 2. The number of amides is 2. The summed E-state index contributed by atoms with van der Waals surface area (Å²) in [6.07, 6.45) is -0.411. The molecule has 0 radical (unpaired) electrons. The van der Waals surface area contributed by atoms with Crippen LogP contribution in [0.3, 0.4) is 0 Å². The van der Waals surface area contributed by atoms with Gasteiger partial charge in [-0.25, -0.2) is 4.39 Å². The molecule has 0 spiro atoms. The Kier molecular flexibility index (Phi) is 6.79. The van der Waals surface area contributed by atoms with Gasteiger partial charge in [0.1, 0.15) is 12.4 Å². The van der Waals surface area contributed by atoms with Crippen LogP contribution in [0.1, 0.15) is 24.0 Å². The van der Waals surface area contributed by atoms with Crippen molar-refractivity contribution in [1.82, 2.24) is 5.32 Å². The number of hydrogen-bond acceptors (Lipinski definition) is 4. The topological polar surface area (TPSA) is 99.1 Å². The third kappa shape index (κ3) is 5.01. The molecular formula is C21H19ClFN3O4. The van der Waals surface area contributed by atoms with E-state index < -0.39 is 17.7 Å². The lowest BCUT2D eigenvalue weighted by molar-refractivity contribution is -0.138. The van der Waals surface area contributed by atoms with Crippen molar-refractivity contribution in [2.75, 3.05) is 24.5 Å². The van der Waals surface area contributed by atoms with Crippen molar-refractivity contribution < 1.29 is 23.9 Å². The molecule has 3 rings (SSSR count). The number of rotatable bonds is 7. The predicted molar refractivity (Wildman–Crippen MR) is 111 cm³/mol. The third-order valence-electron chi connectivity index (χ3n) is 4.53. The van der Waals surface area contributed by atoms with Gasteiger partial charge in [0.25, 0.3) is 0 Å². The van der Waals surface area contributed by atoms with Crippen LogP contribution in [0.2, 0.25) is 5.02 Å². The SMILES string of the molecule is O=C(O)CCC(=O)NCCN1C(=O)CN=C(c2ccccc2F)c2cc(Cl)ccc21. The first-order valence-electron chi connectivity index (χ1n) is 9.25. The molecule has 2 N–H and O–H groups in total. The smallest absolute Gasteiger partial charge is 0.303 e. The van der Waals surface area contributed by atoms with E-state index >= 15 is 0 Å². The number of carbonyl (C=O) groups is 3. The van der Waals surface area contributed by atoms with E-state index in [1.165, 1.54) is 11.0 Å². The van der Waals surface area contributed by atoms with Crippen LogP contribution in [0, 0.1) is 5.82 Å². The van der Waals surface area contributed by atoms with E-state index in [1.54, 1.807) is 36.4 Å². The molecule has 2 aromatic rings. The number of carboxylic acids is 1. The minimum Gasteiger partial charge on any atom is -0.481 e. The van der Waals surface area contributed by atoms with Crippen molar-refractivity contribution in [3.8, 4) is 0 Å². The van der Waals surface area contributed by atoms with Crippen LogP contribution in [-0.2, 0) is 14.4 Å². The Morgan fingerprint density at radius 3 is 2.67 bits per heavy atom. The summed E-state index contributed by atoms with van der Waals surface area (Å²) >= 11 is 6.16. The highest BCUT2D eigenvalue weighted by molar-refractivity contribution is 6.32. The highest BCUT2D eigenvalue weighted by Crippen LogP contribution is 2.30. The largest absolute Gasteiger partial charge is 0.481 e. The van der Waals surface area contributed by atoms with E-state index in [2.05, 4.69) is 10.3 Å². The number of nitrogens with zero attached hydrogens (tertiary/aromatic N) is 2. The fourth-order valence-electron chi connectivity index (χ4n) is 3.13. The van der Waals surface area contributed by atoms with Crippen LogP contribution in [0.25, 0.3) is 0 Å². The van der Waals surface area contributed by atoms with Crippen molar-refractivity contribution in [1.29, 1.82) is 0 Å². The average molecular weight is 432 g/mol. The predicted octanol–water partition coefficient (Wildman–Crippen LogP) is 2.64. The maximum Gasteiger partial charge on any atom is 0.303 e. The van der Waals surface area contributed by atoms with E-state index in [-0.39, 0.29) is 43.9 Å². The molecule has 0 aliphatic carbocycles. The van der Waals surface area contributed by atoms with E-state index in [1.807, 2.05) is 0 Å². The second-order valence-electron chi connectivity index (χ2n) is 6.60. The summed E-state index contributed by atoms with van der Waals surface area (Å²) in [6, 6.07) is 11.1. The van der Waals surface area contributed by atoms with Gasteiger partial charge in [0.2, 0.25) is 11.8 Å². The Morgan fingerprint density at radius 1 is 1.17 bits per heavy atom. The number of carbonyl (C=O) groups excluding carboxylic acids is 2. The van der Waals surface area contributed by atoms with Crippen molar-refractivity contribution in [2.24, 2.45) is 4.99 Å². The van der Waals surface area contributed by atoms with Crippen molar-refractivity contribution in [3.05, 3.63) is 64.4 Å². The second-order valence-corrected chi connectivity index (χ2v) is 7.03. The number of hydrogen-bond donors (Lipinski definition) is 2. The van der Waals surface area contributed by atoms with Gasteiger partial charge in [0.05, 0.1) is 17.8 Å². The summed E-state index contributed by atoms with van der Waals surface area (Å²) in [4.78, 5) is 40.8. The molecular weight excluding hydrogens is 413 g/mol. The third-order valence-corrected chi connectivity index (χ3v) is 4.77. The summed E-state index contributed by atoms with van der Waals surface area (Å²) in [7, 11) is 0. The van der Waals surface area contributed by atoms with Crippen LogP contribution in [0.5, 0.6) is 0 Å². The van der Waals surface area contributed by atoms with Gasteiger partial charge < -0.3 is 15.3 Å². The number of anilines is 1. The molecule has 1 heterocycles. The van der Waals surface area contributed by atoms with Gasteiger partial charge in [-0.2, -0.15) is 0 Å². The van der Waals surface area contributed by atoms with Gasteiger partial charge in [-0.3, -0.25) is 19.4 Å². The minimum absolute atomic E-state index is 0.126. The zero-order valence-electron chi connectivity index (χ0n) is 15.9. The second kappa shape index (κ2) is 9.49. The van der Waals surface area contributed by atoms with Gasteiger partial charge >= 0.3 is 5.97 Å². The zero-order valence-corrected chi connectivity index (χ0v) is 16.7. The Morgan fingerprint density at radius 2 is 1.93 bits per heavy atom. The fraction of sp³-hybridized carbons (Fsp3) is 0.238. The standard InChI is InChI=1S/C21H19ClFN3O4/c22-13-5-6-17-15(11-13)21(14-3-1-2-4-16(14)23)25-12-19(28)26(17)10-9-24-18(27)7-8-20(29)30/h1-6,11H,7-10,12H2,(H,24,27)(H,29,30). The molecule has 0 saturated carbocycles. The molecule has 1 aliphatic heterocycles. The average Bonchev–Trinajstić information content (AvgIpc) is 2.83. The summed E-state index contributed by atoms with van der Waals surface area (Å²) in [5, 5.41) is 11.7. The van der Waals surface area contributed by atoms with E-state index in [4.69, 9.17) is 16.7 Å². The monoisotopic (exact) mass is 431 g/mol. The number of aliphatic carboxylic acids is 1. The van der Waals surface area contributed by atoms with E-state index in [9.17, 15) is 18.8 Å². The lowest BCUT2D eigenvalue weighted by atomic mass is 9.99. The molecule has 2 aromatic carbocycles. The lowest BCUT2D eigenvalue weighted by Gasteiger charge is -2.23. The van der Waals surface area contributed by atoms with Crippen molar-refractivity contribution in [3.63, 3.8) is 0 Å². The number of fused-ring (bicyclic) bond motifs is 1. The summed E-state index contributed by atoms with van der Waals surface area (Å²) in [5.74, 6) is -2.26. The van der Waals surface area contributed by atoms with E-state index in [0.29, 0.717) is 22.0 Å². The van der Waals surface area contributed by atoms with Crippen LogP contribution in [0.4, 0.5) is 10.1 Å². The van der Waals surface area contributed by atoms with Crippen LogP contribution in [0.15, 0.2) is 47.5 Å². The molecule has 0 bridgehead atoms. The number of benzodiazepines with no additional fused rings is 1. The van der Waals surface area contributed by atoms with E-state index in [0.717, 1.165) is 0 Å². The first-order valence-corrected chi connectivity index (χ1v) is 9.62. The molecule has 0 aromatic heterocycles. The number of benzene rings is 2. The normalized spacial score (nSPS) is 13.3. The van der Waals surface area contributed by atoms with Crippen LogP contribution in [-0.4, -0.2) is 48.2 Å². The highest BCUT2D eigenvalue weighted by Gasteiger charge is 2.26. The summed E-state index contributed by atoms with van der Waals surface area (Å²) in [5.41, 5.74) is 1.60. The number of nitrogens with one attached hydrogen (secondary N) is 1. The molecule has 30 heavy (non-hydrogen) atoms. The quantitative estimate of drug-likeness (QED) is 0.704. The molecule has 9 heteroatoms. The first kappa shape index (κ1) is 21.4. The minimum atomic E-state index is -1.06. The first-order chi connectivity index (χ1) is 14.4. The number of carboxylic acid groups (broad SMARTS) is 1. The van der Waals surface area contributed by atoms with Gasteiger partial charge in [0.15, 0.2) is 0 Å². The van der Waals surface area contributed by atoms with Crippen LogP contribution >= 0.6 is 11.6 Å². The van der Waals surface area contributed by atoms with Gasteiger partial charge in [-0.1, -0.05) is 23.7 Å². The molecule has 0 atom stereocenters. The zero-order chi connectivity index (χ0) is 21.7. The molecule has 0 saturated heterocycles. The summed E-state index contributed by atoms with van der Waals surface area (Å²) < 4.78 is 14.4. The Labute approximate surface area is 177 Å². The Hall–Kier alpha value is -3.26. The Bertz CT molecular complexity index is 1030. The number of aliphatic imine (C=N–C) groups is 1.